The molecular weight excluding hydrogens is 458 g/mol. The van der Waals surface area contributed by atoms with Gasteiger partial charge in [-0.05, 0) is 18.6 Å². The van der Waals surface area contributed by atoms with Crippen LogP contribution in [0.3, 0.4) is 0 Å². The summed E-state index contributed by atoms with van der Waals surface area (Å²) < 4.78 is 0. The number of pyridine rings is 1. The van der Waals surface area contributed by atoms with Crippen LogP contribution in [0.15, 0.2) is 30.9 Å². The summed E-state index contributed by atoms with van der Waals surface area (Å²) >= 11 is 0. The number of rotatable bonds is 20. The zero-order valence-electron chi connectivity index (χ0n) is 21.5. The van der Waals surface area contributed by atoms with Crippen LogP contribution in [0.25, 0.3) is 0 Å². The highest BCUT2D eigenvalue weighted by molar-refractivity contribution is 5.94. The third-order valence-electron chi connectivity index (χ3n) is 6.05. The maximum atomic E-state index is 12.2. The van der Waals surface area contributed by atoms with E-state index in [1.54, 1.807) is 18.3 Å². The van der Waals surface area contributed by atoms with Crippen molar-refractivity contribution in [3.63, 3.8) is 0 Å². The Morgan fingerprint density at radius 2 is 1.47 bits per heavy atom. The summed E-state index contributed by atoms with van der Waals surface area (Å²) in [7, 11) is 0. The van der Waals surface area contributed by atoms with Gasteiger partial charge in [0.1, 0.15) is 6.33 Å². The number of nitro groups is 1. The summed E-state index contributed by atoms with van der Waals surface area (Å²) in [6, 6.07) is 3.21. The second-order valence-corrected chi connectivity index (χ2v) is 9.02. The van der Waals surface area contributed by atoms with Crippen LogP contribution in [0.1, 0.15) is 107 Å². The molecule has 0 unspecified atom stereocenters. The van der Waals surface area contributed by atoms with Gasteiger partial charge in [0.2, 0.25) is 11.6 Å². The highest BCUT2D eigenvalue weighted by Crippen LogP contribution is 2.28. The number of aromatic nitrogens is 3. The lowest BCUT2D eigenvalue weighted by molar-refractivity contribution is -0.383. The highest BCUT2D eigenvalue weighted by atomic mass is 16.6. The summed E-state index contributed by atoms with van der Waals surface area (Å²) in [4.78, 5) is 35.1. The third kappa shape index (κ3) is 11.4. The molecule has 0 aliphatic heterocycles. The van der Waals surface area contributed by atoms with Crippen molar-refractivity contribution in [1.82, 2.24) is 20.4 Å². The monoisotopic (exact) mass is 499 g/mol. The number of hydrogen-bond acceptors (Lipinski definition) is 8. The number of hydrazine groups is 1. The normalized spacial score (nSPS) is 10.7. The zero-order valence-corrected chi connectivity index (χ0v) is 21.5. The maximum Gasteiger partial charge on any atom is 0.354 e. The highest BCUT2D eigenvalue weighted by Gasteiger charge is 2.23. The Kier molecular flexibility index (Phi) is 14.5. The molecule has 0 aliphatic carbocycles. The lowest BCUT2D eigenvalue weighted by Crippen LogP contribution is -2.30. The molecule has 198 valence electrons. The van der Waals surface area contributed by atoms with Gasteiger partial charge in [-0.25, -0.2) is 9.97 Å². The smallest absolute Gasteiger partial charge is 0.354 e. The molecule has 10 nitrogen and oxygen atoms in total. The molecule has 0 bridgehead atoms. The summed E-state index contributed by atoms with van der Waals surface area (Å²) in [6.45, 7) is 2.84. The molecule has 10 heteroatoms. The van der Waals surface area contributed by atoms with Crippen molar-refractivity contribution in [2.75, 3.05) is 17.3 Å². The van der Waals surface area contributed by atoms with E-state index in [1.807, 2.05) is 0 Å². The molecule has 0 aliphatic rings. The Hall–Kier alpha value is -3.30. The predicted molar refractivity (Wildman–Crippen MR) is 143 cm³/mol. The number of hydrogen-bond donors (Lipinski definition) is 3. The molecule has 0 radical (unpaired) electrons. The molecule has 1 amide bonds. The second-order valence-electron chi connectivity index (χ2n) is 9.02. The van der Waals surface area contributed by atoms with E-state index in [0.717, 1.165) is 19.3 Å². The van der Waals surface area contributed by atoms with Crippen LogP contribution in [0.4, 0.5) is 17.3 Å². The number of carbonyl (C=O) groups is 1. The summed E-state index contributed by atoms with van der Waals surface area (Å²) in [5.41, 5.74) is 4.94. The molecule has 3 N–H and O–H groups in total. The van der Waals surface area contributed by atoms with Crippen LogP contribution in [0.5, 0.6) is 0 Å². The molecule has 2 aromatic heterocycles. The van der Waals surface area contributed by atoms with Crippen molar-refractivity contribution in [2.24, 2.45) is 0 Å². The number of carbonyl (C=O) groups excluding carboxylic acids is 1. The number of anilines is 2. The van der Waals surface area contributed by atoms with Crippen molar-refractivity contribution in [3.8, 4) is 0 Å². The van der Waals surface area contributed by atoms with E-state index in [4.69, 9.17) is 0 Å². The van der Waals surface area contributed by atoms with Crippen LogP contribution in [-0.2, 0) is 0 Å². The van der Waals surface area contributed by atoms with Gasteiger partial charge in [-0.15, -0.1) is 0 Å². The number of nitrogens with one attached hydrogen (secondary N) is 3. The van der Waals surface area contributed by atoms with Gasteiger partial charge in [0.25, 0.3) is 5.91 Å². The fourth-order valence-electron chi connectivity index (χ4n) is 3.98. The van der Waals surface area contributed by atoms with Gasteiger partial charge in [0.15, 0.2) is 0 Å². The van der Waals surface area contributed by atoms with Gasteiger partial charge in [-0.2, -0.15) is 0 Å². The largest absolute Gasteiger partial charge is 0.364 e. The Morgan fingerprint density at radius 1 is 0.889 bits per heavy atom. The minimum Gasteiger partial charge on any atom is -0.364 e. The Balaban J connectivity index is 1.61. The maximum absolute atomic E-state index is 12.2. The molecule has 2 heterocycles. The summed E-state index contributed by atoms with van der Waals surface area (Å²) in [5.74, 6) is -0.438. The van der Waals surface area contributed by atoms with Crippen LogP contribution in [-0.4, -0.2) is 32.3 Å². The first-order chi connectivity index (χ1) is 17.6. The van der Waals surface area contributed by atoms with Gasteiger partial charge in [0.05, 0.1) is 10.5 Å². The molecule has 2 aromatic rings. The SMILES string of the molecule is CCCCCCCCCCCCCCCCNc1ncnc(NNC(=O)c2cccnc2)c1[N+](=O)[O-]. The molecule has 0 aromatic carbocycles. The molecule has 36 heavy (non-hydrogen) atoms. The van der Waals surface area contributed by atoms with Crippen LogP contribution in [0, 0.1) is 10.1 Å². The standard InChI is InChI=1S/C26H41N7O3/c1-2-3-4-5-6-7-8-9-10-11-12-13-14-15-19-28-24-23(33(35)36)25(30-21-29-24)31-32-26(34)22-17-16-18-27-20-22/h16-18,20-21H,2-15,19H2,1H3,(H,32,34)(H2,28,29,30,31). The predicted octanol–water partition coefficient (Wildman–Crippen LogP) is 6.43. The zero-order chi connectivity index (χ0) is 25.8. The van der Waals surface area contributed by atoms with E-state index < -0.39 is 10.8 Å². The average molecular weight is 500 g/mol. The summed E-state index contributed by atoms with van der Waals surface area (Å²) in [6.07, 6.45) is 22.0. The average Bonchev–Trinajstić information content (AvgIpc) is 2.89. The van der Waals surface area contributed by atoms with E-state index in [2.05, 4.69) is 38.0 Å². The van der Waals surface area contributed by atoms with E-state index >= 15 is 0 Å². The Bertz CT molecular complexity index is 896. The quantitative estimate of drug-likeness (QED) is 0.108. The number of unbranched alkanes of at least 4 members (excludes halogenated alkanes) is 13. The van der Waals surface area contributed by atoms with Crippen molar-refractivity contribution in [2.45, 2.75) is 96.8 Å². The van der Waals surface area contributed by atoms with Crippen molar-refractivity contribution in [1.29, 1.82) is 0 Å². The molecule has 0 spiro atoms. The van der Waals surface area contributed by atoms with Gasteiger partial charge in [-0.3, -0.25) is 30.7 Å². The molecular formula is C26H41N7O3. The van der Waals surface area contributed by atoms with Crippen LogP contribution < -0.4 is 16.2 Å². The van der Waals surface area contributed by atoms with Crippen LogP contribution >= 0.6 is 0 Å². The van der Waals surface area contributed by atoms with Gasteiger partial charge in [0, 0.05) is 18.9 Å². The number of nitrogens with zero attached hydrogens (tertiary/aromatic N) is 4. The Labute approximate surface area is 214 Å². The van der Waals surface area contributed by atoms with Crippen molar-refractivity contribution >= 4 is 23.2 Å². The summed E-state index contributed by atoms with van der Waals surface area (Å²) in [5, 5.41) is 14.7. The van der Waals surface area contributed by atoms with E-state index in [1.165, 1.54) is 83.2 Å². The van der Waals surface area contributed by atoms with Crippen molar-refractivity contribution in [3.05, 3.63) is 46.5 Å². The minimum absolute atomic E-state index is 0.0873. The second kappa shape index (κ2) is 18.0. The first-order valence-electron chi connectivity index (χ1n) is 13.3. The first kappa shape index (κ1) is 28.9. The van der Waals surface area contributed by atoms with E-state index in [0.29, 0.717) is 12.1 Å². The lowest BCUT2D eigenvalue weighted by atomic mass is 10.0. The minimum atomic E-state index is -0.563. The number of amides is 1. The first-order valence-corrected chi connectivity index (χ1v) is 13.3. The van der Waals surface area contributed by atoms with E-state index in [-0.39, 0.29) is 17.3 Å². The van der Waals surface area contributed by atoms with Gasteiger partial charge in [-0.1, -0.05) is 90.4 Å². The molecule has 0 saturated heterocycles. The third-order valence-corrected chi connectivity index (χ3v) is 6.05. The Morgan fingerprint density at radius 3 is 2.03 bits per heavy atom. The van der Waals surface area contributed by atoms with Crippen LogP contribution in [0.2, 0.25) is 0 Å². The van der Waals surface area contributed by atoms with Crippen molar-refractivity contribution < 1.29 is 9.72 Å². The molecule has 2 rings (SSSR count). The fraction of sp³-hybridized carbons (Fsp3) is 0.615. The molecule has 0 fully saturated rings. The topological polar surface area (TPSA) is 135 Å². The van der Waals surface area contributed by atoms with E-state index in [9.17, 15) is 14.9 Å². The van der Waals surface area contributed by atoms with Gasteiger partial charge < -0.3 is 5.32 Å². The lowest BCUT2D eigenvalue weighted by Gasteiger charge is -2.11. The fourth-order valence-corrected chi connectivity index (χ4v) is 3.98. The molecule has 0 saturated carbocycles. The van der Waals surface area contributed by atoms with Gasteiger partial charge >= 0.3 is 5.69 Å². The molecule has 0 atom stereocenters.